The van der Waals surface area contributed by atoms with E-state index in [9.17, 15) is 9.59 Å². The largest absolute Gasteiger partial charge is 0.325 e. The Balaban J connectivity index is 1.61. The van der Waals surface area contributed by atoms with E-state index in [4.69, 9.17) is 11.6 Å². The van der Waals surface area contributed by atoms with Gasteiger partial charge < -0.3 is 5.32 Å². The monoisotopic (exact) mass is 356 g/mol. The van der Waals surface area contributed by atoms with Crippen LogP contribution in [0.3, 0.4) is 0 Å². The van der Waals surface area contributed by atoms with Crippen molar-refractivity contribution in [3.63, 3.8) is 0 Å². The number of amides is 1. The van der Waals surface area contributed by atoms with Crippen molar-refractivity contribution >= 4 is 40.0 Å². The van der Waals surface area contributed by atoms with Crippen LogP contribution in [0.4, 0.5) is 5.69 Å². The molecule has 0 fully saturated rings. The summed E-state index contributed by atoms with van der Waals surface area (Å²) in [5.41, 5.74) is 2.74. The standard InChI is InChI=1S/C18H17ClN4O2/c1-11-15-9-14(10-20-18(15)23(2)22-11)21-17(25)8-7-16(24)12-3-5-13(19)6-4-12/h3-6,9-10H,7-8H2,1-2H3,(H,21,25). The number of rotatable bonds is 5. The van der Waals surface area contributed by atoms with Crippen molar-refractivity contribution in [2.45, 2.75) is 19.8 Å². The van der Waals surface area contributed by atoms with Gasteiger partial charge in [0.05, 0.1) is 17.6 Å². The van der Waals surface area contributed by atoms with Gasteiger partial charge in [-0.15, -0.1) is 0 Å². The Morgan fingerprint density at radius 1 is 1.20 bits per heavy atom. The summed E-state index contributed by atoms with van der Waals surface area (Å²) in [6.45, 7) is 1.89. The van der Waals surface area contributed by atoms with Crippen molar-refractivity contribution in [1.82, 2.24) is 14.8 Å². The molecule has 0 saturated carbocycles. The molecule has 2 heterocycles. The highest BCUT2D eigenvalue weighted by Gasteiger charge is 2.11. The minimum atomic E-state index is -0.231. The second-order valence-corrected chi connectivity index (χ2v) is 6.22. The molecule has 128 valence electrons. The molecule has 2 aromatic heterocycles. The number of ketones is 1. The van der Waals surface area contributed by atoms with Crippen molar-refractivity contribution in [2.75, 3.05) is 5.32 Å². The fourth-order valence-electron chi connectivity index (χ4n) is 2.61. The van der Waals surface area contributed by atoms with E-state index in [0.717, 1.165) is 16.7 Å². The predicted octanol–water partition coefficient (Wildman–Crippen LogP) is 3.53. The second kappa shape index (κ2) is 7.03. The van der Waals surface area contributed by atoms with Gasteiger partial charge in [0.15, 0.2) is 11.4 Å². The molecule has 7 heteroatoms. The summed E-state index contributed by atoms with van der Waals surface area (Å²) >= 11 is 5.80. The third kappa shape index (κ3) is 3.85. The van der Waals surface area contributed by atoms with Crippen LogP contribution in [0, 0.1) is 6.92 Å². The SMILES string of the molecule is Cc1nn(C)c2ncc(NC(=O)CCC(=O)c3ccc(Cl)cc3)cc12. The van der Waals surface area contributed by atoms with Gasteiger partial charge in [0.25, 0.3) is 0 Å². The Morgan fingerprint density at radius 2 is 1.92 bits per heavy atom. The molecular formula is C18H17ClN4O2. The van der Waals surface area contributed by atoms with Crippen LogP contribution in [0.25, 0.3) is 11.0 Å². The van der Waals surface area contributed by atoms with Gasteiger partial charge in [0.2, 0.25) is 5.91 Å². The van der Waals surface area contributed by atoms with Crippen molar-refractivity contribution in [1.29, 1.82) is 0 Å². The lowest BCUT2D eigenvalue weighted by atomic mass is 10.1. The number of aryl methyl sites for hydroxylation is 2. The molecule has 3 aromatic rings. The minimum Gasteiger partial charge on any atom is -0.325 e. The van der Waals surface area contributed by atoms with Gasteiger partial charge in [-0.2, -0.15) is 5.10 Å². The number of hydrogen-bond acceptors (Lipinski definition) is 4. The average Bonchev–Trinajstić information content (AvgIpc) is 2.87. The van der Waals surface area contributed by atoms with E-state index in [0.29, 0.717) is 16.3 Å². The summed E-state index contributed by atoms with van der Waals surface area (Å²) in [4.78, 5) is 28.5. The normalized spacial score (nSPS) is 10.8. The van der Waals surface area contributed by atoms with Gasteiger partial charge in [-0.25, -0.2) is 4.98 Å². The summed E-state index contributed by atoms with van der Waals surface area (Å²) in [7, 11) is 1.82. The molecule has 25 heavy (non-hydrogen) atoms. The lowest BCUT2D eigenvalue weighted by Gasteiger charge is -2.05. The minimum absolute atomic E-state index is 0.0940. The number of carbonyl (C=O) groups is 2. The number of carbonyl (C=O) groups excluding carboxylic acids is 2. The van der Waals surface area contributed by atoms with Crippen LogP contribution in [0.15, 0.2) is 36.5 Å². The number of fused-ring (bicyclic) bond motifs is 1. The van der Waals surface area contributed by atoms with E-state index in [1.807, 2.05) is 20.0 Å². The summed E-state index contributed by atoms with van der Waals surface area (Å²) in [5.74, 6) is -0.325. The Kier molecular flexibility index (Phi) is 4.81. The number of aromatic nitrogens is 3. The van der Waals surface area contributed by atoms with Crippen LogP contribution >= 0.6 is 11.6 Å². The number of Topliss-reactive ketones (excluding diaryl/α,β-unsaturated/α-hetero) is 1. The van der Waals surface area contributed by atoms with E-state index in [1.165, 1.54) is 0 Å². The number of pyridine rings is 1. The van der Waals surface area contributed by atoms with Crippen LogP contribution in [0.5, 0.6) is 0 Å². The molecule has 6 nitrogen and oxygen atoms in total. The average molecular weight is 357 g/mol. The summed E-state index contributed by atoms with van der Waals surface area (Å²) in [6, 6.07) is 8.47. The van der Waals surface area contributed by atoms with Gasteiger partial charge >= 0.3 is 0 Å². The zero-order chi connectivity index (χ0) is 18.0. The number of benzene rings is 1. The fraction of sp³-hybridized carbons (Fsp3) is 0.222. The lowest BCUT2D eigenvalue weighted by molar-refractivity contribution is -0.116. The van der Waals surface area contributed by atoms with E-state index in [-0.39, 0.29) is 24.5 Å². The van der Waals surface area contributed by atoms with Crippen LogP contribution in [-0.2, 0) is 11.8 Å². The maximum absolute atomic E-state index is 12.1. The number of halogens is 1. The molecule has 0 atom stereocenters. The van der Waals surface area contributed by atoms with Crippen molar-refractivity contribution < 1.29 is 9.59 Å². The number of hydrogen-bond donors (Lipinski definition) is 1. The quantitative estimate of drug-likeness (QED) is 0.709. The van der Waals surface area contributed by atoms with Crippen LogP contribution in [-0.4, -0.2) is 26.5 Å². The van der Waals surface area contributed by atoms with Gasteiger partial charge in [0.1, 0.15) is 0 Å². The third-order valence-corrected chi connectivity index (χ3v) is 4.14. The second-order valence-electron chi connectivity index (χ2n) is 5.78. The Labute approximate surface area is 149 Å². The molecule has 0 aliphatic heterocycles. The molecule has 0 radical (unpaired) electrons. The van der Waals surface area contributed by atoms with Gasteiger partial charge in [-0.3, -0.25) is 14.3 Å². The topological polar surface area (TPSA) is 76.9 Å². The first-order chi connectivity index (χ1) is 11.9. The molecule has 0 bridgehead atoms. The first-order valence-corrected chi connectivity index (χ1v) is 8.20. The molecule has 0 aliphatic rings. The Morgan fingerprint density at radius 3 is 2.64 bits per heavy atom. The number of anilines is 1. The molecule has 0 unspecified atom stereocenters. The van der Waals surface area contributed by atoms with Crippen molar-refractivity contribution in [2.24, 2.45) is 7.05 Å². The van der Waals surface area contributed by atoms with E-state index in [2.05, 4.69) is 15.4 Å². The van der Waals surface area contributed by atoms with Crippen molar-refractivity contribution in [3.8, 4) is 0 Å². The molecule has 1 amide bonds. The first-order valence-electron chi connectivity index (χ1n) is 7.82. The number of nitrogens with zero attached hydrogens (tertiary/aromatic N) is 3. The highest BCUT2D eigenvalue weighted by Crippen LogP contribution is 2.19. The van der Waals surface area contributed by atoms with Crippen LogP contribution < -0.4 is 5.32 Å². The third-order valence-electron chi connectivity index (χ3n) is 3.89. The lowest BCUT2D eigenvalue weighted by Crippen LogP contribution is -2.13. The molecule has 1 N–H and O–H groups in total. The molecule has 0 spiro atoms. The Hall–Kier alpha value is -2.73. The van der Waals surface area contributed by atoms with Crippen LogP contribution in [0.2, 0.25) is 5.02 Å². The summed E-state index contributed by atoms with van der Waals surface area (Å²) < 4.78 is 1.70. The van der Waals surface area contributed by atoms with Gasteiger partial charge in [-0.05, 0) is 37.3 Å². The zero-order valence-corrected chi connectivity index (χ0v) is 14.7. The summed E-state index contributed by atoms with van der Waals surface area (Å²) in [6.07, 6.45) is 1.82. The van der Waals surface area contributed by atoms with Crippen molar-refractivity contribution in [3.05, 3.63) is 52.8 Å². The maximum Gasteiger partial charge on any atom is 0.224 e. The highest BCUT2D eigenvalue weighted by molar-refractivity contribution is 6.30. The van der Waals surface area contributed by atoms with Gasteiger partial charge in [-0.1, -0.05) is 11.6 Å². The number of nitrogens with one attached hydrogen (secondary N) is 1. The summed E-state index contributed by atoms with van der Waals surface area (Å²) in [5, 5.41) is 8.53. The van der Waals surface area contributed by atoms with E-state index < -0.39 is 0 Å². The maximum atomic E-state index is 12.1. The van der Waals surface area contributed by atoms with E-state index in [1.54, 1.807) is 35.1 Å². The van der Waals surface area contributed by atoms with Gasteiger partial charge in [0, 0.05) is 35.9 Å². The molecule has 3 rings (SSSR count). The predicted molar refractivity (Wildman–Crippen MR) is 96.9 cm³/mol. The first kappa shape index (κ1) is 17.1. The van der Waals surface area contributed by atoms with Crippen LogP contribution in [0.1, 0.15) is 28.9 Å². The fourth-order valence-corrected chi connectivity index (χ4v) is 2.73. The molecule has 0 aliphatic carbocycles. The Bertz CT molecular complexity index is 948. The molecular weight excluding hydrogens is 340 g/mol. The highest BCUT2D eigenvalue weighted by atomic mass is 35.5. The molecule has 0 saturated heterocycles. The molecule has 1 aromatic carbocycles. The van der Waals surface area contributed by atoms with E-state index >= 15 is 0 Å². The smallest absolute Gasteiger partial charge is 0.224 e. The zero-order valence-electron chi connectivity index (χ0n) is 13.9.